The fourth-order valence-electron chi connectivity index (χ4n) is 2.77. The van der Waals surface area contributed by atoms with Crippen molar-refractivity contribution in [3.63, 3.8) is 0 Å². The quantitative estimate of drug-likeness (QED) is 0.898. The van der Waals surface area contributed by atoms with E-state index in [0.29, 0.717) is 6.04 Å². The normalized spacial score (nSPS) is 23.6. The number of rotatable bonds is 5. The second kappa shape index (κ2) is 6.66. The van der Waals surface area contributed by atoms with Gasteiger partial charge in [-0.3, -0.25) is 0 Å². The third kappa shape index (κ3) is 3.66. The highest BCUT2D eigenvalue weighted by Crippen LogP contribution is 2.27. The lowest BCUT2D eigenvalue weighted by molar-refractivity contribution is 0.376. The van der Waals surface area contributed by atoms with Crippen LogP contribution < -0.4 is 10.2 Å². The maximum atomic E-state index is 4.45. The topological polar surface area (TPSA) is 33.1 Å². The first-order chi connectivity index (χ1) is 9.11. The van der Waals surface area contributed by atoms with Gasteiger partial charge in [0.05, 0.1) is 11.9 Å². The number of aromatic nitrogens is 2. The monoisotopic (exact) mass is 282 g/mol. The molecule has 0 aromatic carbocycles. The van der Waals surface area contributed by atoms with Gasteiger partial charge < -0.3 is 14.8 Å². The summed E-state index contributed by atoms with van der Waals surface area (Å²) in [6, 6.07) is 0.682. The molecular weight excluding hydrogens is 256 g/mol. The molecule has 0 bridgehead atoms. The molecular formula is C14H26N4S. The van der Waals surface area contributed by atoms with Crippen LogP contribution in [0, 0.1) is 0 Å². The second-order valence-electron chi connectivity index (χ2n) is 5.59. The van der Waals surface area contributed by atoms with Crippen molar-refractivity contribution >= 4 is 17.7 Å². The average Bonchev–Trinajstić information content (AvgIpc) is 2.78. The number of nitrogens with zero attached hydrogens (tertiary/aromatic N) is 3. The SMILES string of the molecule is CSC1CCC(NCc2cnc(N(C)C)n2C)CC1. The maximum Gasteiger partial charge on any atom is 0.204 e. The Hall–Kier alpha value is -0.680. The minimum atomic E-state index is 0.682. The van der Waals surface area contributed by atoms with E-state index < -0.39 is 0 Å². The van der Waals surface area contributed by atoms with Gasteiger partial charge >= 0.3 is 0 Å². The summed E-state index contributed by atoms with van der Waals surface area (Å²) in [5.74, 6) is 1.02. The zero-order chi connectivity index (χ0) is 13.8. The predicted octanol–water partition coefficient (Wildman–Crippen LogP) is 2.25. The van der Waals surface area contributed by atoms with Crippen LogP contribution >= 0.6 is 11.8 Å². The lowest BCUT2D eigenvalue weighted by Crippen LogP contribution is -2.33. The third-order valence-corrected chi connectivity index (χ3v) is 5.18. The highest BCUT2D eigenvalue weighted by Gasteiger charge is 2.20. The molecule has 2 rings (SSSR count). The Balaban J connectivity index is 1.83. The van der Waals surface area contributed by atoms with Crippen molar-refractivity contribution in [3.8, 4) is 0 Å². The number of nitrogens with one attached hydrogen (secondary N) is 1. The Bertz CT molecular complexity index is 394. The zero-order valence-electron chi connectivity index (χ0n) is 12.5. The van der Waals surface area contributed by atoms with Crippen LogP contribution in [-0.4, -0.2) is 41.2 Å². The summed E-state index contributed by atoms with van der Waals surface area (Å²) in [7, 11) is 6.15. The Morgan fingerprint density at radius 3 is 2.58 bits per heavy atom. The van der Waals surface area contributed by atoms with Gasteiger partial charge in [-0.1, -0.05) is 0 Å². The lowest BCUT2D eigenvalue weighted by atomic mass is 9.95. The zero-order valence-corrected chi connectivity index (χ0v) is 13.3. The van der Waals surface area contributed by atoms with E-state index in [4.69, 9.17) is 0 Å². The molecule has 1 aromatic heterocycles. The molecule has 1 fully saturated rings. The van der Waals surface area contributed by atoms with E-state index in [-0.39, 0.29) is 0 Å². The first-order valence-corrected chi connectivity index (χ1v) is 8.34. The Kier molecular flexibility index (Phi) is 5.16. The van der Waals surface area contributed by atoms with Crippen molar-refractivity contribution in [1.82, 2.24) is 14.9 Å². The molecule has 1 aromatic rings. The molecule has 0 radical (unpaired) electrons. The van der Waals surface area contributed by atoms with Gasteiger partial charge in [-0.05, 0) is 31.9 Å². The molecule has 0 saturated heterocycles. The maximum absolute atomic E-state index is 4.45. The number of imidazole rings is 1. The van der Waals surface area contributed by atoms with Gasteiger partial charge in [-0.15, -0.1) is 0 Å². The first-order valence-electron chi connectivity index (χ1n) is 7.06. The average molecular weight is 282 g/mol. The molecule has 0 atom stereocenters. The summed E-state index contributed by atoms with van der Waals surface area (Å²) >= 11 is 2.02. The van der Waals surface area contributed by atoms with Gasteiger partial charge in [0.25, 0.3) is 0 Å². The third-order valence-electron chi connectivity index (χ3n) is 4.04. The van der Waals surface area contributed by atoms with E-state index in [0.717, 1.165) is 17.7 Å². The van der Waals surface area contributed by atoms with E-state index in [2.05, 4.69) is 28.2 Å². The van der Waals surface area contributed by atoms with Crippen LogP contribution in [0.5, 0.6) is 0 Å². The molecule has 0 unspecified atom stereocenters. The van der Waals surface area contributed by atoms with Crippen LogP contribution in [-0.2, 0) is 13.6 Å². The number of anilines is 1. The van der Waals surface area contributed by atoms with E-state index in [1.165, 1.54) is 31.4 Å². The fraction of sp³-hybridized carbons (Fsp3) is 0.786. The minimum absolute atomic E-state index is 0.682. The van der Waals surface area contributed by atoms with E-state index >= 15 is 0 Å². The lowest BCUT2D eigenvalue weighted by Gasteiger charge is -2.28. The van der Waals surface area contributed by atoms with E-state index in [1.54, 1.807) is 0 Å². The molecule has 108 valence electrons. The van der Waals surface area contributed by atoms with Gasteiger partial charge in [0.1, 0.15) is 0 Å². The van der Waals surface area contributed by atoms with Gasteiger partial charge in [-0.25, -0.2) is 4.98 Å². The highest BCUT2D eigenvalue weighted by molar-refractivity contribution is 7.99. The summed E-state index contributed by atoms with van der Waals surface area (Å²) in [4.78, 5) is 6.50. The van der Waals surface area contributed by atoms with Gasteiger partial charge in [-0.2, -0.15) is 11.8 Å². The van der Waals surface area contributed by atoms with Crippen LogP contribution in [0.25, 0.3) is 0 Å². The van der Waals surface area contributed by atoms with Gasteiger partial charge in [0.2, 0.25) is 5.95 Å². The number of hydrogen-bond acceptors (Lipinski definition) is 4. The molecule has 5 heteroatoms. The van der Waals surface area contributed by atoms with Crippen LogP contribution in [0.2, 0.25) is 0 Å². The molecule has 1 aliphatic carbocycles. The van der Waals surface area contributed by atoms with E-state index in [1.807, 2.05) is 37.0 Å². The van der Waals surface area contributed by atoms with Crippen LogP contribution in [0.4, 0.5) is 5.95 Å². The van der Waals surface area contributed by atoms with Crippen LogP contribution in [0.1, 0.15) is 31.4 Å². The standard InChI is InChI=1S/C14H26N4S/c1-17(2)14-16-10-12(18(14)3)9-15-11-5-7-13(19-4)8-6-11/h10-11,13,15H,5-9H2,1-4H3. The van der Waals surface area contributed by atoms with Crippen LogP contribution in [0.3, 0.4) is 0 Å². The summed E-state index contributed by atoms with van der Waals surface area (Å²) in [6.07, 6.45) is 9.54. The summed E-state index contributed by atoms with van der Waals surface area (Å²) < 4.78 is 2.17. The summed E-state index contributed by atoms with van der Waals surface area (Å²) in [5, 5.41) is 4.57. The van der Waals surface area contributed by atoms with Crippen LogP contribution in [0.15, 0.2) is 6.20 Å². The first kappa shape index (κ1) is 14.7. The second-order valence-corrected chi connectivity index (χ2v) is 6.73. The molecule has 0 aliphatic heterocycles. The van der Waals surface area contributed by atoms with Crippen molar-refractivity contribution < 1.29 is 0 Å². The molecule has 1 N–H and O–H groups in total. The molecule has 19 heavy (non-hydrogen) atoms. The smallest absolute Gasteiger partial charge is 0.204 e. The predicted molar refractivity (Wildman–Crippen MR) is 83.9 cm³/mol. The Labute approximate surface area is 121 Å². The van der Waals surface area contributed by atoms with Gasteiger partial charge in [0.15, 0.2) is 0 Å². The molecule has 1 aliphatic rings. The largest absolute Gasteiger partial charge is 0.348 e. The van der Waals surface area contributed by atoms with Crippen molar-refractivity contribution in [2.45, 2.75) is 43.5 Å². The fourth-order valence-corrected chi connectivity index (χ4v) is 3.51. The summed E-state index contributed by atoms with van der Waals surface area (Å²) in [6.45, 7) is 0.923. The minimum Gasteiger partial charge on any atom is -0.348 e. The highest BCUT2D eigenvalue weighted by atomic mass is 32.2. The summed E-state index contributed by atoms with van der Waals surface area (Å²) in [5.41, 5.74) is 1.26. The Morgan fingerprint density at radius 1 is 1.37 bits per heavy atom. The van der Waals surface area contributed by atoms with Crippen molar-refractivity contribution in [2.24, 2.45) is 7.05 Å². The van der Waals surface area contributed by atoms with Gasteiger partial charge in [0, 0.05) is 39.0 Å². The molecule has 1 heterocycles. The number of hydrogen-bond donors (Lipinski definition) is 1. The van der Waals surface area contributed by atoms with Crippen molar-refractivity contribution in [2.75, 3.05) is 25.3 Å². The number of thioether (sulfide) groups is 1. The molecule has 4 nitrogen and oxygen atoms in total. The molecule has 0 spiro atoms. The van der Waals surface area contributed by atoms with Crippen molar-refractivity contribution in [3.05, 3.63) is 11.9 Å². The van der Waals surface area contributed by atoms with E-state index in [9.17, 15) is 0 Å². The van der Waals surface area contributed by atoms with Crippen molar-refractivity contribution in [1.29, 1.82) is 0 Å². The molecule has 1 saturated carbocycles. The molecule has 0 amide bonds. The Morgan fingerprint density at radius 2 is 2.05 bits per heavy atom.